The van der Waals surface area contributed by atoms with Crippen LogP contribution in [-0.4, -0.2) is 36.8 Å². The van der Waals surface area contributed by atoms with Crippen molar-refractivity contribution in [1.29, 1.82) is 0 Å². The van der Waals surface area contributed by atoms with Crippen molar-refractivity contribution in [2.45, 2.75) is 51.3 Å². The molecule has 1 aliphatic heterocycles. The minimum absolute atomic E-state index is 0.328. The zero-order valence-electron chi connectivity index (χ0n) is 12.6. The molecule has 2 heterocycles. The third-order valence-corrected chi connectivity index (χ3v) is 4.49. The maximum absolute atomic E-state index is 6.27. The normalized spacial score (nSPS) is 22.6. The lowest BCUT2D eigenvalue weighted by Gasteiger charge is -2.33. The summed E-state index contributed by atoms with van der Waals surface area (Å²) in [6.07, 6.45) is 5.19. The van der Waals surface area contributed by atoms with Gasteiger partial charge >= 0.3 is 0 Å². The maximum Gasteiger partial charge on any atom is 0.129 e. The minimum Gasteiger partial charge on any atom is -0.377 e. The smallest absolute Gasteiger partial charge is 0.129 e. The first-order valence-electron chi connectivity index (χ1n) is 8.01. The summed E-state index contributed by atoms with van der Waals surface area (Å²) in [6, 6.07) is 4.67. The van der Waals surface area contributed by atoms with Crippen LogP contribution in [0.5, 0.6) is 0 Å². The molecule has 0 radical (unpaired) electrons. The van der Waals surface area contributed by atoms with Crippen LogP contribution in [0, 0.1) is 0 Å². The highest BCUT2D eigenvalue weighted by molar-refractivity contribution is 6.31. The highest BCUT2D eigenvalue weighted by Gasteiger charge is 2.23. The van der Waals surface area contributed by atoms with Crippen LogP contribution in [0.25, 0.3) is 0 Å². The van der Waals surface area contributed by atoms with Crippen LogP contribution in [-0.2, 0) is 11.3 Å². The van der Waals surface area contributed by atoms with Gasteiger partial charge in [-0.2, -0.15) is 0 Å². The molecule has 1 unspecified atom stereocenters. The standard InChI is InChI=1S/C16H24ClN3O/c1-2-21-13-4-3-9-20(11-13)16-8-7-14(17)15(19-16)10-18-12-5-6-12/h7-8,12-13,18H,2-6,9-11H2,1H3. The number of aromatic nitrogens is 1. The van der Waals surface area contributed by atoms with Crippen LogP contribution in [0.2, 0.25) is 5.02 Å². The van der Waals surface area contributed by atoms with Crippen molar-refractivity contribution in [3.8, 4) is 0 Å². The monoisotopic (exact) mass is 309 g/mol. The lowest BCUT2D eigenvalue weighted by molar-refractivity contribution is 0.0525. The van der Waals surface area contributed by atoms with Crippen LogP contribution in [0.1, 0.15) is 38.3 Å². The molecular weight excluding hydrogens is 286 g/mol. The largest absolute Gasteiger partial charge is 0.377 e. The van der Waals surface area contributed by atoms with Crippen LogP contribution in [0.3, 0.4) is 0 Å². The number of nitrogens with one attached hydrogen (secondary N) is 1. The molecule has 1 atom stereocenters. The summed E-state index contributed by atoms with van der Waals surface area (Å²) in [5.41, 5.74) is 0.958. The van der Waals surface area contributed by atoms with E-state index in [-0.39, 0.29) is 0 Å². The van der Waals surface area contributed by atoms with Gasteiger partial charge in [0.1, 0.15) is 5.82 Å². The van der Waals surface area contributed by atoms with Gasteiger partial charge in [-0.05, 0) is 44.7 Å². The molecule has 1 aromatic rings. The van der Waals surface area contributed by atoms with Gasteiger partial charge in [0.2, 0.25) is 0 Å². The van der Waals surface area contributed by atoms with E-state index in [2.05, 4.69) is 17.1 Å². The molecule has 1 saturated heterocycles. The first-order chi connectivity index (χ1) is 10.3. The Morgan fingerprint density at radius 3 is 3.00 bits per heavy atom. The Morgan fingerprint density at radius 1 is 1.38 bits per heavy atom. The van der Waals surface area contributed by atoms with E-state index >= 15 is 0 Å². The zero-order valence-corrected chi connectivity index (χ0v) is 13.4. The summed E-state index contributed by atoms with van der Waals surface area (Å²) in [4.78, 5) is 7.09. The van der Waals surface area contributed by atoms with Crippen molar-refractivity contribution in [3.63, 3.8) is 0 Å². The Morgan fingerprint density at radius 2 is 2.24 bits per heavy atom. The molecule has 4 nitrogen and oxygen atoms in total. The maximum atomic E-state index is 6.27. The number of piperidine rings is 1. The first-order valence-corrected chi connectivity index (χ1v) is 8.39. The average Bonchev–Trinajstić information content (AvgIpc) is 3.31. The molecule has 1 N–H and O–H groups in total. The van der Waals surface area contributed by atoms with Crippen molar-refractivity contribution in [3.05, 3.63) is 22.8 Å². The van der Waals surface area contributed by atoms with Crippen molar-refractivity contribution in [1.82, 2.24) is 10.3 Å². The second kappa shape index (κ2) is 6.95. The lowest BCUT2D eigenvalue weighted by atomic mass is 10.1. The predicted molar refractivity (Wildman–Crippen MR) is 86.0 cm³/mol. The summed E-state index contributed by atoms with van der Waals surface area (Å²) in [5.74, 6) is 1.02. The predicted octanol–water partition coefficient (Wildman–Crippen LogP) is 2.99. The van der Waals surface area contributed by atoms with E-state index in [1.807, 2.05) is 12.1 Å². The number of hydrogen-bond donors (Lipinski definition) is 1. The molecule has 1 saturated carbocycles. The summed E-state index contributed by atoms with van der Waals surface area (Å²) in [6.45, 7) is 5.58. The number of hydrogen-bond acceptors (Lipinski definition) is 4. The molecule has 0 aromatic carbocycles. The Hall–Kier alpha value is -0.840. The van der Waals surface area contributed by atoms with Crippen molar-refractivity contribution < 1.29 is 4.74 Å². The van der Waals surface area contributed by atoms with E-state index < -0.39 is 0 Å². The Labute approximate surface area is 131 Å². The average molecular weight is 310 g/mol. The fourth-order valence-corrected chi connectivity index (χ4v) is 2.99. The zero-order chi connectivity index (χ0) is 14.7. The van der Waals surface area contributed by atoms with Gasteiger partial charge in [-0.1, -0.05) is 11.6 Å². The second-order valence-corrected chi connectivity index (χ2v) is 6.33. The Kier molecular flexibility index (Phi) is 4.99. The summed E-state index contributed by atoms with van der Waals surface area (Å²) < 4.78 is 5.77. The van der Waals surface area contributed by atoms with Gasteiger partial charge in [-0.25, -0.2) is 4.98 Å². The lowest BCUT2D eigenvalue weighted by Crippen LogP contribution is -2.40. The molecule has 21 heavy (non-hydrogen) atoms. The second-order valence-electron chi connectivity index (χ2n) is 5.92. The van der Waals surface area contributed by atoms with E-state index in [9.17, 15) is 0 Å². The molecule has 0 bridgehead atoms. The molecule has 0 spiro atoms. The van der Waals surface area contributed by atoms with Gasteiger partial charge in [-0.15, -0.1) is 0 Å². The van der Waals surface area contributed by atoms with E-state index in [1.165, 1.54) is 12.8 Å². The molecule has 2 aliphatic rings. The summed E-state index contributed by atoms with van der Waals surface area (Å²) in [7, 11) is 0. The van der Waals surface area contributed by atoms with Crippen LogP contribution >= 0.6 is 11.6 Å². The van der Waals surface area contributed by atoms with Gasteiger partial charge in [0.15, 0.2) is 0 Å². The van der Waals surface area contributed by atoms with Crippen LogP contribution in [0.4, 0.5) is 5.82 Å². The number of anilines is 1. The van der Waals surface area contributed by atoms with Gasteiger partial charge in [0.05, 0.1) is 16.8 Å². The fraction of sp³-hybridized carbons (Fsp3) is 0.688. The number of nitrogens with zero attached hydrogens (tertiary/aromatic N) is 2. The van der Waals surface area contributed by atoms with Gasteiger partial charge in [0.25, 0.3) is 0 Å². The topological polar surface area (TPSA) is 37.4 Å². The number of halogens is 1. The van der Waals surface area contributed by atoms with Crippen molar-refractivity contribution in [2.24, 2.45) is 0 Å². The number of pyridine rings is 1. The Balaban J connectivity index is 1.67. The minimum atomic E-state index is 0.328. The molecule has 3 rings (SSSR count). The van der Waals surface area contributed by atoms with E-state index in [1.54, 1.807) is 0 Å². The van der Waals surface area contributed by atoms with Crippen molar-refractivity contribution in [2.75, 3.05) is 24.6 Å². The van der Waals surface area contributed by atoms with E-state index in [4.69, 9.17) is 21.3 Å². The highest BCUT2D eigenvalue weighted by Crippen LogP contribution is 2.25. The first kappa shape index (κ1) is 15.1. The van der Waals surface area contributed by atoms with Crippen LogP contribution < -0.4 is 10.2 Å². The van der Waals surface area contributed by atoms with Crippen molar-refractivity contribution >= 4 is 17.4 Å². The number of ether oxygens (including phenoxy) is 1. The Bertz CT molecular complexity index is 477. The molecule has 2 fully saturated rings. The third kappa shape index (κ3) is 4.09. The summed E-state index contributed by atoms with van der Waals surface area (Å²) >= 11 is 6.27. The van der Waals surface area contributed by atoms with Gasteiger partial charge in [0, 0.05) is 32.3 Å². The van der Waals surface area contributed by atoms with Gasteiger partial charge < -0.3 is 15.0 Å². The third-order valence-electron chi connectivity index (χ3n) is 4.14. The van der Waals surface area contributed by atoms with E-state index in [0.29, 0.717) is 12.1 Å². The molecule has 116 valence electrons. The van der Waals surface area contributed by atoms with Crippen LogP contribution in [0.15, 0.2) is 12.1 Å². The molecular formula is C16H24ClN3O. The fourth-order valence-electron chi connectivity index (χ4n) is 2.82. The number of rotatable bonds is 6. The van der Waals surface area contributed by atoms with Gasteiger partial charge in [-0.3, -0.25) is 0 Å². The quantitative estimate of drug-likeness (QED) is 0.876. The molecule has 1 aliphatic carbocycles. The highest BCUT2D eigenvalue weighted by atomic mass is 35.5. The molecule has 1 aromatic heterocycles. The van der Waals surface area contributed by atoms with E-state index in [0.717, 1.165) is 55.6 Å². The SMILES string of the molecule is CCOC1CCCN(c2ccc(Cl)c(CNC3CC3)n2)C1. The summed E-state index contributed by atoms with van der Waals surface area (Å²) in [5, 5.41) is 4.24. The molecule has 0 amide bonds. The molecule has 5 heteroatoms.